The van der Waals surface area contributed by atoms with E-state index in [9.17, 15) is 0 Å². The Morgan fingerprint density at radius 2 is 0.861 bits per heavy atom. The second-order valence-electron chi connectivity index (χ2n) is 12.8. The Morgan fingerprint density at radius 1 is 0.472 bits per heavy atom. The molecule has 1 heterocycles. The van der Waals surface area contributed by atoms with E-state index >= 15 is 0 Å². The van der Waals surface area contributed by atoms with Gasteiger partial charge in [-0.2, -0.15) is 0 Å². The highest BCUT2D eigenvalue weighted by Gasteiger charge is 2.22. The number of nitrogens with zero attached hydrogens (tertiary/aromatic N) is 1. The summed E-state index contributed by atoms with van der Waals surface area (Å²) in [7, 11) is 0. The standard InChI is InChI=1S/C35H71N/c1-5-9-13-16-20-25-35(24-17-12-8-4)32-36-30-28-34(29-31-36)27-21-26-33(22-18-14-10-6-2)23-19-15-11-7-3/h33-35H,5-32H2,1-4H3. The molecule has 1 aliphatic heterocycles. The Bertz CT molecular complexity index is 412. The number of hydrogen-bond acceptors (Lipinski definition) is 1. The van der Waals surface area contributed by atoms with Crippen molar-refractivity contribution >= 4 is 0 Å². The van der Waals surface area contributed by atoms with Gasteiger partial charge >= 0.3 is 0 Å². The third-order valence-electron chi connectivity index (χ3n) is 9.31. The van der Waals surface area contributed by atoms with Crippen molar-refractivity contribution in [1.29, 1.82) is 0 Å². The lowest BCUT2D eigenvalue weighted by atomic mass is 9.86. The van der Waals surface area contributed by atoms with E-state index in [0.717, 1.165) is 17.8 Å². The Balaban J connectivity index is 2.29. The van der Waals surface area contributed by atoms with Crippen LogP contribution < -0.4 is 0 Å². The molecule has 36 heavy (non-hydrogen) atoms. The molecule has 1 rings (SSSR count). The average molecular weight is 506 g/mol. The Hall–Kier alpha value is -0.0400. The Labute approximate surface area is 230 Å². The smallest absolute Gasteiger partial charge is 0.000966 e. The molecule has 0 bridgehead atoms. The van der Waals surface area contributed by atoms with E-state index < -0.39 is 0 Å². The van der Waals surface area contributed by atoms with Crippen LogP contribution in [0.4, 0.5) is 0 Å². The fourth-order valence-corrected chi connectivity index (χ4v) is 6.72. The van der Waals surface area contributed by atoms with Gasteiger partial charge in [0.1, 0.15) is 0 Å². The zero-order valence-corrected chi connectivity index (χ0v) is 26.0. The normalized spacial score (nSPS) is 16.2. The fourth-order valence-electron chi connectivity index (χ4n) is 6.72. The monoisotopic (exact) mass is 506 g/mol. The average Bonchev–Trinajstić information content (AvgIpc) is 2.89. The minimum absolute atomic E-state index is 0.968. The largest absolute Gasteiger partial charge is 0.303 e. The first-order valence-electron chi connectivity index (χ1n) is 17.5. The van der Waals surface area contributed by atoms with E-state index in [2.05, 4.69) is 32.6 Å². The summed E-state index contributed by atoms with van der Waals surface area (Å²) in [5, 5.41) is 0. The third-order valence-corrected chi connectivity index (χ3v) is 9.31. The predicted octanol–water partition coefficient (Wildman–Crippen LogP) is 12.0. The summed E-state index contributed by atoms with van der Waals surface area (Å²) >= 11 is 0. The zero-order valence-electron chi connectivity index (χ0n) is 26.0. The van der Waals surface area contributed by atoms with Crippen LogP contribution in [0.3, 0.4) is 0 Å². The van der Waals surface area contributed by atoms with Crippen LogP contribution in [0.1, 0.15) is 188 Å². The molecule has 0 N–H and O–H groups in total. The molecule has 1 heteroatoms. The number of rotatable bonds is 26. The van der Waals surface area contributed by atoms with Crippen molar-refractivity contribution in [1.82, 2.24) is 4.90 Å². The molecule has 0 aromatic carbocycles. The van der Waals surface area contributed by atoms with E-state index in [1.165, 1.54) is 180 Å². The minimum Gasteiger partial charge on any atom is -0.303 e. The highest BCUT2D eigenvalue weighted by molar-refractivity contribution is 4.76. The molecule has 1 saturated heterocycles. The van der Waals surface area contributed by atoms with Crippen LogP contribution in [0.2, 0.25) is 0 Å². The van der Waals surface area contributed by atoms with Crippen molar-refractivity contribution in [2.75, 3.05) is 19.6 Å². The zero-order chi connectivity index (χ0) is 26.1. The van der Waals surface area contributed by atoms with Gasteiger partial charge in [-0.3, -0.25) is 0 Å². The molecular formula is C35H71N. The summed E-state index contributed by atoms with van der Waals surface area (Å²) in [5.41, 5.74) is 0. The van der Waals surface area contributed by atoms with Gasteiger partial charge in [-0.25, -0.2) is 0 Å². The van der Waals surface area contributed by atoms with Gasteiger partial charge in [0.15, 0.2) is 0 Å². The second-order valence-corrected chi connectivity index (χ2v) is 12.8. The summed E-state index contributed by atoms with van der Waals surface area (Å²) in [5.74, 6) is 3.02. The molecular weight excluding hydrogens is 434 g/mol. The van der Waals surface area contributed by atoms with Crippen molar-refractivity contribution in [3.05, 3.63) is 0 Å². The fraction of sp³-hybridized carbons (Fsp3) is 1.00. The first kappa shape index (κ1) is 34.0. The summed E-state index contributed by atoms with van der Waals surface area (Å²) in [6, 6.07) is 0. The molecule has 1 unspecified atom stereocenters. The lowest BCUT2D eigenvalue weighted by Gasteiger charge is -2.34. The van der Waals surface area contributed by atoms with Gasteiger partial charge < -0.3 is 4.90 Å². The number of piperidine rings is 1. The maximum Gasteiger partial charge on any atom is 0.000966 e. The predicted molar refractivity (Wildman–Crippen MR) is 165 cm³/mol. The van der Waals surface area contributed by atoms with Crippen LogP contribution in [-0.2, 0) is 0 Å². The molecule has 1 nitrogen and oxygen atoms in total. The first-order valence-corrected chi connectivity index (χ1v) is 17.5. The third kappa shape index (κ3) is 19.1. The van der Waals surface area contributed by atoms with Crippen LogP contribution in [-0.4, -0.2) is 24.5 Å². The highest BCUT2D eigenvalue weighted by atomic mass is 15.1. The lowest BCUT2D eigenvalue weighted by molar-refractivity contribution is 0.146. The first-order chi connectivity index (χ1) is 17.7. The molecule has 1 aliphatic rings. The van der Waals surface area contributed by atoms with Crippen LogP contribution in [0.15, 0.2) is 0 Å². The topological polar surface area (TPSA) is 3.24 Å². The number of hydrogen-bond donors (Lipinski definition) is 0. The van der Waals surface area contributed by atoms with Crippen molar-refractivity contribution in [3.63, 3.8) is 0 Å². The maximum absolute atomic E-state index is 2.86. The van der Waals surface area contributed by atoms with E-state index in [1.807, 2.05) is 0 Å². The van der Waals surface area contributed by atoms with Gasteiger partial charge in [0, 0.05) is 6.54 Å². The van der Waals surface area contributed by atoms with Gasteiger partial charge in [0.25, 0.3) is 0 Å². The highest BCUT2D eigenvalue weighted by Crippen LogP contribution is 2.29. The summed E-state index contributed by atoms with van der Waals surface area (Å²) in [4.78, 5) is 2.86. The maximum atomic E-state index is 2.86. The molecule has 0 aliphatic carbocycles. The molecule has 1 atom stereocenters. The number of likely N-dealkylation sites (tertiary alicyclic amines) is 1. The van der Waals surface area contributed by atoms with Crippen LogP contribution in [0.5, 0.6) is 0 Å². The van der Waals surface area contributed by atoms with Crippen LogP contribution in [0, 0.1) is 17.8 Å². The van der Waals surface area contributed by atoms with Crippen molar-refractivity contribution < 1.29 is 0 Å². The lowest BCUT2D eigenvalue weighted by Crippen LogP contribution is -2.37. The van der Waals surface area contributed by atoms with Gasteiger partial charge in [-0.05, 0) is 56.5 Å². The quantitative estimate of drug-likeness (QED) is 0.106. The molecule has 0 aromatic heterocycles. The van der Waals surface area contributed by atoms with Crippen molar-refractivity contribution in [2.24, 2.45) is 17.8 Å². The van der Waals surface area contributed by atoms with Gasteiger partial charge in [0.2, 0.25) is 0 Å². The van der Waals surface area contributed by atoms with E-state index in [1.54, 1.807) is 0 Å². The summed E-state index contributed by atoms with van der Waals surface area (Å²) in [6.07, 6.45) is 36.6. The van der Waals surface area contributed by atoms with Gasteiger partial charge in [0.05, 0.1) is 0 Å². The minimum atomic E-state index is 0.968. The molecule has 0 spiro atoms. The molecule has 0 radical (unpaired) electrons. The van der Waals surface area contributed by atoms with Crippen molar-refractivity contribution in [3.8, 4) is 0 Å². The van der Waals surface area contributed by atoms with E-state index in [-0.39, 0.29) is 0 Å². The van der Waals surface area contributed by atoms with Gasteiger partial charge in [-0.1, -0.05) is 163 Å². The van der Waals surface area contributed by atoms with Crippen molar-refractivity contribution in [2.45, 2.75) is 188 Å². The van der Waals surface area contributed by atoms with E-state index in [0.29, 0.717) is 0 Å². The SMILES string of the molecule is CCCCCCCC(CCCCC)CN1CCC(CCCC(CCCCCC)CCCCCC)CC1. The Kier molecular flexibility index (Phi) is 23.8. The Morgan fingerprint density at radius 3 is 1.39 bits per heavy atom. The summed E-state index contributed by atoms with van der Waals surface area (Å²) in [6.45, 7) is 13.6. The second kappa shape index (κ2) is 25.2. The van der Waals surface area contributed by atoms with E-state index in [4.69, 9.17) is 0 Å². The molecule has 0 amide bonds. The summed E-state index contributed by atoms with van der Waals surface area (Å²) < 4.78 is 0. The molecule has 0 aromatic rings. The molecule has 216 valence electrons. The van der Waals surface area contributed by atoms with Gasteiger partial charge in [-0.15, -0.1) is 0 Å². The molecule has 1 fully saturated rings. The van der Waals surface area contributed by atoms with Crippen LogP contribution in [0.25, 0.3) is 0 Å². The molecule has 0 saturated carbocycles. The van der Waals surface area contributed by atoms with Crippen LogP contribution >= 0.6 is 0 Å². The number of unbranched alkanes of at least 4 members (excludes halogenated alkanes) is 12.